The van der Waals surface area contributed by atoms with Crippen LogP contribution in [-0.2, 0) is 0 Å². The number of aromatic nitrogens is 3. The monoisotopic (exact) mass is 338 g/mol. The highest BCUT2D eigenvalue weighted by Gasteiger charge is 2.19. The molecule has 0 spiro atoms. The standard InChI is InChI=1S/C19H19FN4O/c1-12-7-10-24(11-8-12)19-22-17-16(18(25)23-19)15(6-9-21-17)13-2-4-14(20)5-3-13/h2-6,9,12H,7-8,10-11H2,1H3,(H,21,22,23,25). The van der Waals surface area contributed by atoms with Gasteiger partial charge in [0, 0.05) is 19.3 Å². The molecule has 1 fully saturated rings. The first kappa shape index (κ1) is 15.7. The minimum Gasteiger partial charge on any atom is -0.342 e. The predicted octanol–water partition coefficient (Wildman–Crippen LogP) is 3.36. The van der Waals surface area contributed by atoms with Gasteiger partial charge in [-0.15, -0.1) is 0 Å². The molecule has 1 aliphatic heterocycles. The molecule has 0 atom stereocenters. The molecule has 2 aromatic heterocycles. The zero-order valence-electron chi connectivity index (χ0n) is 14.0. The van der Waals surface area contributed by atoms with Gasteiger partial charge in [-0.05, 0) is 48.1 Å². The second-order valence-electron chi connectivity index (χ2n) is 6.62. The zero-order chi connectivity index (χ0) is 17.4. The lowest BCUT2D eigenvalue weighted by atomic mass is 10.00. The van der Waals surface area contributed by atoms with Crippen molar-refractivity contribution in [3.05, 3.63) is 52.7 Å². The van der Waals surface area contributed by atoms with Crippen molar-refractivity contribution in [3.8, 4) is 11.1 Å². The second kappa shape index (κ2) is 6.27. The molecule has 1 saturated heterocycles. The highest BCUT2D eigenvalue weighted by Crippen LogP contribution is 2.26. The first-order chi connectivity index (χ1) is 12.1. The molecule has 25 heavy (non-hydrogen) atoms. The van der Waals surface area contributed by atoms with E-state index in [1.54, 1.807) is 24.4 Å². The number of aromatic amines is 1. The van der Waals surface area contributed by atoms with Crippen molar-refractivity contribution in [2.75, 3.05) is 18.0 Å². The highest BCUT2D eigenvalue weighted by molar-refractivity contribution is 5.92. The van der Waals surface area contributed by atoms with Crippen molar-refractivity contribution < 1.29 is 4.39 Å². The summed E-state index contributed by atoms with van der Waals surface area (Å²) in [5.41, 5.74) is 1.67. The van der Waals surface area contributed by atoms with Crippen molar-refractivity contribution in [2.45, 2.75) is 19.8 Å². The Kier molecular flexibility index (Phi) is 3.95. The molecular formula is C19H19FN4O. The van der Waals surface area contributed by atoms with E-state index in [0.29, 0.717) is 28.5 Å². The Bertz CT molecular complexity index is 959. The van der Waals surface area contributed by atoms with Crippen LogP contribution in [0.5, 0.6) is 0 Å². The molecule has 0 saturated carbocycles. The lowest BCUT2D eigenvalue weighted by Crippen LogP contribution is -2.35. The maximum atomic E-state index is 13.2. The number of nitrogens with one attached hydrogen (secondary N) is 1. The van der Waals surface area contributed by atoms with Crippen LogP contribution in [0.3, 0.4) is 0 Å². The molecule has 3 heterocycles. The van der Waals surface area contributed by atoms with Gasteiger partial charge in [-0.25, -0.2) is 9.37 Å². The second-order valence-corrected chi connectivity index (χ2v) is 6.62. The molecular weight excluding hydrogens is 319 g/mol. The van der Waals surface area contributed by atoms with Crippen LogP contribution in [-0.4, -0.2) is 28.0 Å². The number of nitrogens with zero attached hydrogens (tertiary/aromatic N) is 3. The van der Waals surface area contributed by atoms with Gasteiger partial charge in [0.25, 0.3) is 5.56 Å². The molecule has 0 unspecified atom stereocenters. The fraction of sp³-hybridized carbons (Fsp3) is 0.316. The Morgan fingerprint density at radius 3 is 2.60 bits per heavy atom. The third-order valence-electron chi connectivity index (χ3n) is 4.83. The number of fused-ring (bicyclic) bond motifs is 1. The van der Waals surface area contributed by atoms with Gasteiger partial charge in [0.1, 0.15) is 5.82 Å². The van der Waals surface area contributed by atoms with Gasteiger partial charge in [-0.1, -0.05) is 19.1 Å². The Hall–Kier alpha value is -2.76. The van der Waals surface area contributed by atoms with Crippen molar-refractivity contribution in [3.63, 3.8) is 0 Å². The van der Waals surface area contributed by atoms with Crippen LogP contribution >= 0.6 is 0 Å². The molecule has 0 bridgehead atoms. The van der Waals surface area contributed by atoms with Crippen LogP contribution in [0.1, 0.15) is 19.8 Å². The number of rotatable bonds is 2. The van der Waals surface area contributed by atoms with Gasteiger partial charge in [-0.2, -0.15) is 4.98 Å². The van der Waals surface area contributed by atoms with E-state index < -0.39 is 0 Å². The third kappa shape index (κ3) is 2.99. The van der Waals surface area contributed by atoms with E-state index in [-0.39, 0.29) is 11.4 Å². The van der Waals surface area contributed by atoms with E-state index in [2.05, 4.69) is 26.8 Å². The Balaban J connectivity index is 1.80. The molecule has 1 aromatic carbocycles. The number of halogens is 1. The predicted molar refractivity (Wildman–Crippen MR) is 96.2 cm³/mol. The molecule has 1 N–H and O–H groups in total. The minimum absolute atomic E-state index is 0.217. The third-order valence-corrected chi connectivity index (χ3v) is 4.83. The molecule has 5 nitrogen and oxygen atoms in total. The summed E-state index contributed by atoms with van der Waals surface area (Å²) in [6.07, 6.45) is 3.81. The van der Waals surface area contributed by atoms with Gasteiger partial charge < -0.3 is 4.90 Å². The van der Waals surface area contributed by atoms with Gasteiger partial charge in [0.15, 0.2) is 5.65 Å². The average Bonchev–Trinajstić information content (AvgIpc) is 2.62. The van der Waals surface area contributed by atoms with Crippen LogP contribution in [0.4, 0.5) is 10.3 Å². The maximum absolute atomic E-state index is 13.2. The number of H-pyrrole nitrogens is 1. The van der Waals surface area contributed by atoms with E-state index in [4.69, 9.17) is 0 Å². The fourth-order valence-corrected chi connectivity index (χ4v) is 3.29. The quantitative estimate of drug-likeness (QED) is 0.778. The topological polar surface area (TPSA) is 61.9 Å². The number of pyridine rings is 1. The number of hydrogen-bond donors (Lipinski definition) is 1. The summed E-state index contributed by atoms with van der Waals surface area (Å²) in [4.78, 5) is 26.6. The van der Waals surface area contributed by atoms with Crippen LogP contribution in [0.25, 0.3) is 22.2 Å². The summed E-state index contributed by atoms with van der Waals surface area (Å²) in [5, 5.41) is 0.434. The molecule has 4 rings (SSSR count). The lowest BCUT2D eigenvalue weighted by molar-refractivity contribution is 0.434. The SMILES string of the molecule is CC1CCN(c2nc3nccc(-c4ccc(F)cc4)c3c(=O)[nH]2)CC1. The minimum atomic E-state index is -0.309. The first-order valence-electron chi connectivity index (χ1n) is 8.52. The Morgan fingerprint density at radius 1 is 1.16 bits per heavy atom. The highest BCUT2D eigenvalue weighted by atomic mass is 19.1. The van der Waals surface area contributed by atoms with Crippen molar-refractivity contribution >= 4 is 17.0 Å². The normalized spacial score (nSPS) is 15.7. The zero-order valence-corrected chi connectivity index (χ0v) is 14.0. The summed E-state index contributed by atoms with van der Waals surface area (Å²) in [7, 11) is 0. The van der Waals surface area contributed by atoms with Crippen molar-refractivity contribution in [1.29, 1.82) is 0 Å². The number of anilines is 1. The molecule has 0 aliphatic carbocycles. The molecule has 128 valence electrons. The van der Waals surface area contributed by atoms with E-state index in [1.807, 2.05) is 0 Å². The van der Waals surface area contributed by atoms with E-state index in [1.165, 1.54) is 12.1 Å². The van der Waals surface area contributed by atoms with Gasteiger partial charge in [-0.3, -0.25) is 9.78 Å². The molecule has 0 amide bonds. The van der Waals surface area contributed by atoms with Crippen LogP contribution in [0.15, 0.2) is 41.3 Å². The maximum Gasteiger partial charge on any atom is 0.262 e. The van der Waals surface area contributed by atoms with Crippen molar-refractivity contribution in [1.82, 2.24) is 15.0 Å². The summed E-state index contributed by atoms with van der Waals surface area (Å²) < 4.78 is 13.2. The van der Waals surface area contributed by atoms with Crippen LogP contribution in [0, 0.1) is 11.7 Å². The smallest absolute Gasteiger partial charge is 0.262 e. The van der Waals surface area contributed by atoms with Crippen molar-refractivity contribution in [2.24, 2.45) is 5.92 Å². The van der Waals surface area contributed by atoms with E-state index in [9.17, 15) is 9.18 Å². The Labute approximate surface area is 144 Å². The molecule has 1 aliphatic rings. The van der Waals surface area contributed by atoms with Crippen LogP contribution in [0.2, 0.25) is 0 Å². The molecule has 0 radical (unpaired) electrons. The van der Waals surface area contributed by atoms with E-state index >= 15 is 0 Å². The molecule has 3 aromatic rings. The lowest BCUT2D eigenvalue weighted by Gasteiger charge is -2.30. The van der Waals surface area contributed by atoms with Gasteiger partial charge >= 0.3 is 0 Å². The fourth-order valence-electron chi connectivity index (χ4n) is 3.29. The summed E-state index contributed by atoms with van der Waals surface area (Å²) >= 11 is 0. The number of piperidine rings is 1. The van der Waals surface area contributed by atoms with Crippen LogP contribution < -0.4 is 10.5 Å². The van der Waals surface area contributed by atoms with Gasteiger partial charge in [0.05, 0.1) is 5.39 Å². The Morgan fingerprint density at radius 2 is 1.88 bits per heavy atom. The number of hydrogen-bond acceptors (Lipinski definition) is 4. The summed E-state index contributed by atoms with van der Waals surface area (Å²) in [6, 6.07) is 7.83. The number of benzene rings is 1. The van der Waals surface area contributed by atoms with E-state index in [0.717, 1.165) is 31.5 Å². The summed E-state index contributed by atoms with van der Waals surface area (Å²) in [6.45, 7) is 4.00. The first-order valence-corrected chi connectivity index (χ1v) is 8.52. The van der Waals surface area contributed by atoms with Gasteiger partial charge in [0.2, 0.25) is 5.95 Å². The average molecular weight is 338 g/mol. The largest absolute Gasteiger partial charge is 0.342 e. The summed E-state index contributed by atoms with van der Waals surface area (Å²) in [5.74, 6) is 0.968. The molecule has 6 heteroatoms.